The summed E-state index contributed by atoms with van der Waals surface area (Å²) in [5.41, 5.74) is 66.5. The van der Waals surface area contributed by atoms with Crippen LogP contribution >= 0.6 is 0 Å². The monoisotopic (exact) mass is 1940 g/mol. The second kappa shape index (κ2) is 91.6. The average Bonchev–Trinajstić information content (AvgIpc) is 0.930. The van der Waals surface area contributed by atoms with Crippen LogP contribution in [0.3, 0.4) is 0 Å². The fourth-order valence-electron chi connectivity index (χ4n) is 13.4. The molecule has 48 heteroatoms. The number of carbonyl (C=O) groups is 16. The quantitative estimate of drug-likeness (QED) is 0.0269. The summed E-state index contributed by atoms with van der Waals surface area (Å²) in [6.45, 7) is 16.9. The summed E-state index contributed by atoms with van der Waals surface area (Å²) in [5, 5.41) is 33.7. The highest BCUT2D eigenvalue weighted by Gasteiger charge is 2.23. The van der Waals surface area contributed by atoms with Crippen LogP contribution in [-0.2, 0) is 76.7 Å². The van der Waals surface area contributed by atoms with Gasteiger partial charge in [-0.1, -0.05) is 0 Å². The number of nitrogens with one attached hydrogen (secondary N) is 12. The fourth-order valence-corrected chi connectivity index (χ4v) is 13.4. The molecule has 0 aliphatic carbocycles. The molecule has 788 valence electrons. The van der Waals surface area contributed by atoms with Gasteiger partial charge in [0.2, 0.25) is 70.9 Å². The summed E-state index contributed by atoms with van der Waals surface area (Å²) in [7, 11) is 0. The van der Waals surface area contributed by atoms with E-state index in [1.807, 2.05) is 34.3 Å². The maximum Gasteiger partial charge on any atom is 0.221 e. The molecule has 0 aliphatic rings. The lowest BCUT2D eigenvalue weighted by Gasteiger charge is -2.28. The Kier molecular flexibility index (Phi) is 87.3. The van der Waals surface area contributed by atoms with Crippen LogP contribution in [0.15, 0.2) is 0 Å². The molecule has 0 saturated carbocycles. The van der Waals surface area contributed by atoms with E-state index >= 15 is 0 Å². The van der Waals surface area contributed by atoms with Gasteiger partial charge >= 0.3 is 0 Å². The molecule has 0 aliphatic heterocycles. The van der Waals surface area contributed by atoms with E-state index < -0.39 is 0 Å². The van der Waals surface area contributed by atoms with Crippen molar-refractivity contribution < 1.29 is 76.7 Å². The molecule has 0 aromatic carbocycles. The molecule has 0 bridgehead atoms. The van der Waals surface area contributed by atoms with Gasteiger partial charge in [-0.25, -0.2) is 0 Å². The normalized spacial score (nSPS) is 11.3. The topological polar surface area (TPSA) is 756 Å². The number of rotatable bonds is 94. The zero-order valence-electron chi connectivity index (χ0n) is 81.9. The van der Waals surface area contributed by atoms with E-state index in [0.29, 0.717) is 287 Å². The minimum Gasteiger partial charge on any atom is -0.355 e. The molecule has 0 spiro atoms. The Morgan fingerprint density at radius 1 is 0.125 bits per heavy atom. The predicted molar refractivity (Wildman–Crippen MR) is 527 cm³/mol. The maximum absolute atomic E-state index is 13.8. The van der Waals surface area contributed by atoms with Gasteiger partial charge < -0.3 is 172 Å². The zero-order chi connectivity index (χ0) is 101. The van der Waals surface area contributed by atoms with Gasteiger partial charge in [0.05, 0.1) is 0 Å². The Morgan fingerprint density at radius 3 is 0.397 bits per heavy atom. The van der Waals surface area contributed by atoms with Crippen LogP contribution in [0.4, 0.5) is 0 Å². The zero-order valence-corrected chi connectivity index (χ0v) is 81.9. The predicted octanol–water partition coefficient (Wildman–Crippen LogP) is -11.1. The van der Waals surface area contributed by atoms with E-state index in [1.165, 1.54) is 0 Å². The van der Waals surface area contributed by atoms with Gasteiger partial charge in [-0.05, 0) is 51.9 Å². The van der Waals surface area contributed by atoms with Gasteiger partial charge in [0.1, 0.15) is 23.1 Å². The van der Waals surface area contributed by atoms with Crippen LogP contribution in [0.2, 0.25) is 0 Å². The summed E-state index contributed by atoms with van der Waals surface area (Å²) >= 11 is 0. The SMILES string of the molecule is NCCCC(=O)CCN(CCC(=O)NCCN)CCN(CCC(=O)NCCN)CCC(=O)NCCN.NCCCC(=O)CCN(CCNC(=O)CCN(CCC(=O)NCCN(CCC(=O)CCCN)CCC(=O)NCCN)CCN(CCC(=O)CCCN(CCC(=O)NCCN)CCC(=O)NCCN)CCC(=O)NCCN(CCC(=O)NCCN)CCC(=O)NCCN)CCC(=O)NCCN. The fraction of sp³-hybridized carbons (Fsp3) is 0.818. The Bertz CT molecular complexity index is 2740. The van der Waals surface area contributed by atoms with Crippen molar-refractivity contribution >= 4 is 94.0 Å². The van der Waals surface area contributed by atoms with E-state index in [1.54, 1.807) is 0 Å². The van der Waals surface area contributed by atoms with Gasteiger partial charge in [-0.3, -0.25) is 76.7 Å². The lowest BCUT2D eigenvalue weighted by Crippen LogP contribution is -2.42. The Morgan fingerprint density at radius 2 is 0.250 bits per heavy atom. The summed E-state index contributed by atoms with van der Waals surface area (Å²) in [4.78, 5) is 219. The number of nitrogens with two attached hydrogens (primary N) is 12. The first-order valence-corrected chi connectivity index (χ1v) is 49.1. The van der Waals surface area contributed by atoms with Gasteiger partial charge in [-0.15, -0.1) is 0 Å². The number of amides is 12. The highest BCUT2D eigenvalue weighted by Crippen LogP contribution is 2.10. The molecule has 48 nitrogen and oxygen atoms in total. The first-order chi connectivity index (χ1) is 65.6. The van der Waals surface area contributed by atoms with Crippen molar-refractivity contribution in [3.8, 4) is 0 Å². The van der Waals surface area contributed by atoms with Gasteiger partial charge in [0.15, 0.2) is 0 Å². The van der Waals surface area contributed by atoms with E-state index in [-0.39, 0.29) is 275 Å². The molecule has 0 rings (SSSR count). The van der Waals surface area contributed by atoms with Crippen LogP contribution in [0.25, 0.3) is 0 Å². The molecule has 12 amide bonds. The van der Waals surface area contributed by atoms with E-state index in [9.17, 15) is 76.7 Å². The molecule has 36 N–H and O–H groups in total. The number of hydrogen-bond acceptors (Lipinski definition) is 36. The molecule has 0 heterocycles. The number of nitrogens with zero attached hydrogens (tertiary/aromatic N) is 8. The highest BCUT2D eigenvalue weighted by molar-refractivity contribution is 5.83. The van der Waals surface area contributed by atoms with Crippen LogP contribution < -0.4 is 133 Å². The Labute approximate surface area is 807 Å². The molecule has 0 saturated heterocycles. The van der Waals surface area contributed by atoms with E-state index in [2.05, 4.69) is 68.7 Å². The van der Waals surface area contributed by atoms with E-state index in [0.717, 1.165) is 0 Å². The van der Waals surface area contributed by atoms with Gasteiger partial charge in [0.25, 0.3) is 0 Å². The lowest BCUT2D eigenvalue weighted by atomic mass is 10.1. The van der Waals surface area contributed by atoms with Crippen molar-refractivity contribution in [1.29, 1.82) is 0 Å². The second-order valence-corrected chi connectivity index (χ2v) is 33.0. The summed E-state index contributed by atoms with van der Waals surface area (Å²) in [6.07, 6.45) is 6.51. The largest absolute Gasteiger partial charge is 0.355 e. The third-order valence-corrected chi connectivity index (χ3v) is 21.5. The molecule has 0 unspecified atom stereocenters. The Hall–Kier alpha value is -8.48. The van der Waals surface area contributed by atoms with Crippen LogP contribution in [0.5, 0.6) is 0 Å². The average molecular weight is 1940 g/mol. The first-order valence-electron chi connectivity index (χ1n) is 49.1. The molecule has 0 radical (unpaired) electrons. The molecule has 0 atom stereocenters. The summed E-state index contributed by atoms with van der Waals surface area (Å²) in [6, 6.07) is 0. The molecule has 0 fully saturated rings. The van der Waals surface area contributed by atoms with Crippen LogP contribution in [0, 0.1) is 0 Å². The maximum atomic E-state index is 13.8. The smallest absolute Gasteiger partial charge is 0.221 e. The standard InChI is InChI=1S/C65H131N23O12.C23H49N9O4/c66-19-1-4-54(89)7-37-84(42-12-59(94)76-29-23-70)49-33-80-64(99)17-47-88(48-18-65(100)81-34-50-85(38-8-55(90)5-2-20-67)43-13-60(95)77-30-24-71)53-52-87(39-9-56(91)6-3-36-83(40-10-57(92)74-27-21-68)41-11-58(93)75-28-22-69)46-16-63(98)82-35-51-86(44-14-61(96)78-31-25-72)45-15-62(97)79-32-26-73;24-7-1-2-20(33)3-14-31(15-4-21(34)28-11-8-25)18-19-32(16-5-22(35)29-12-9-26)17-6-23(36)30-13-10-27/h1-53,66-73H2,(H,74,92)(H,75,93)(H,76,94)(H,77,95)(H,78,96)(H,79,97)(H,80,99)(H,81,100)(H,82,98);1-19,24-27H2,(H,28,34)(H,29,35)(H,30,36). The van der Waals surface area contributed by atoms with Crippen molar-refractivity contribution in [1.82, 2.24) is 103 Å². The molecule has 136 heavy (non-hydrogen) atoms. The number of ketones is 4. The number of hydrogen-bond donors (Lipinski definition) is 24. The minimum absolute atomic E-state index is 0.0287. The van der Waals surface area contributed by atoms with Crippen molar-refractivity contribution in [3.05, 3.63) is 0 Å². The molecular formula is C88H180N32O16. The van der Waals surface area contributed by atoms with Gasteiger partial charge in [0, 0.05) is 416 Å². The van der Waals surface area contributed by atoms with Crippen molar-refractivity contribution in [2.24, 2.45) is 68.8 Å². The van der Waals surface area contributed by atoms with Crippen molar-refractivity contribution in [2.45, 2.75) is 154 Å². The lowest BCUT2D eigenvalue weighted by molar-refractivity contribution is -0.123. The highest BCUT2D eigenvalue weighted by atomic mass is 16.2. The minimum atomic E-state index is -0.283. The van der Waals surface area contributed by atoms with Gasteiger partial charge in [-0.2, -0.15) is 0 Å². The molecule has 0 aromatic rings. The molecular weight excluding hydrogens is 1760 g/mol. The van der Waals surface area contributed by atoms with Crippen LogP contribution in [0.1, 0.15) is 154 Å². The number of Topliss-reactive ketones (excluding diaryl/α,β-unsaturated/α-hetero) is 4. The van der Waals surface area contributed by atoms with Crippen molar-refractivity contribution in [2.75, 3.05) is 314 Å². The van der Waals surface area contributed by atoms with Crippen molar-refractivity contribution in [3.63, 3.8) is 0 Å². The van der Waals surface area contributed by atoms with Crippen LogP contribution in [-0.4, -0.2) is 447 Å². The third-order valence-electron chi connectivity index (χ3n) is 21.5. The first kappa shape index (κ1) is 130. The second-order valence-electron chi connectivity index (χ2n) is 33.0. The number of carbonyl (C=O) groups excluding carboxylic acids is 16. The summed E-state index contributed by atoms with van der Waals surface area (Å²) in [5.74, 6) is -2.09. The Balaban J connectivity index is 0. The summed E-state index contributed by atoms with van der Waals surface area (Å²) < 4.78 is 0. The molecule has 0 aromatic heterocycles. The van der Waals surface area contributed by atoms with E-state index in [4.69, 9.17) is 68.8 Å². The third kappa shape index (κ3) is 82.6.